The lowest BCUT2D eigenvalue weighted by Gasteiger charge is -2.44. The summed E-state index contributed by atoms with van der Waals surface area (Å²) in [5, 5.41) is 9.64. The zero-order valence-electron chi connectivity index (χ0n) is 15.8. The zero-order chi connectivity index (χ0) is 19.9. The highest BCUT2D eigenvalue weighted by Crippen LogP contribution is 2.40. The third kappa shape index (κ3) is 3.22. The van der Waals surface area contributed by atoms with Gasteiger partial charge in [0, 0.05) is 37.4 Å². The fourth-order valence-corrected chi connectivity index (χ4v) is 4.09. The molecule has 150 valence electrons. The van der Waals surface area contributed by atoms with Gasteiger partial charge < -0.3 is 19.5 Å². The van der Waals surface area contributed by atoms with Crippen LogP contribution < -0.4 is 4.74 Å². The molecule has 28 heavy (non-hydrogen) atoms. The van der Waals surface area contributed by atoms with Crippen LogP contribution in [0, 0.1) is 5.92 Å². The van der Waals surface area contributed by atoms with E-state index in [2.05, 4.69) is 0 Å². The number of carboxylic acid groups (broad SMARTS) is 1. The number of carbonyl (C=O) groups excluding carboxylic acids is 2. The summed E-state index contributed by atoms with van der Waals surface area (Å²) >= 11 is 0. The maximum atomic E-state index is 13.2. The molecule has 3 fully saturated rings. The molecule has 0 radical (unpaired) electrons. The molecule has 0 unspecified atom stereocenters. The van der Waals surface area contributed by atoms with Crippen LogP contribution in [0.3, 0.4) is 0 Å². The monoisotopic (exact) mass is 388 g/mol. The number of ether oxygens (including phenoxy) is 2. The molecule has 8 heteroatoms. The fourth-order valence-electron chi connectivity index (χ4n) is 4.09. The van der Waals surface area contributed by atoms with Crippen molar-refractivity contribution < 1.29 is 29.0 Å². The summed E-state index contributed by atoms with van der Waals surface area (Å²) in [5.74, 6) is -0.548. The normalized spacial score (nSPS) is 23.7. The van der Waals surface area contributed by atoms with E-state index in [9.17, 15) is 19.5 Å². The van der Waals surface area contributed by atoms with E-state index in [1.165, 1.54) is 12.0 Å². The molecule has 0 aromatic heterocycles. The number of carboxylic acids is 1. The van der Waals surface area contributed by atoms with Gasteiger partial charge in [-0.2, -0.15) is 0 Å². The van der Waals surface area contributed by atoms with Crippen molar-refractivity contribution in [1.29, 1.82) is 0 Å². The van der Waals surface area contributed by atoms with Crippen LogP contribution in [0.15, 0.2) is 24.3 Å². The number of hydrogen-bond donors (Lipinski definition) is 1. The second-order valence-corrected chi connectivity index (χ2v) is 7.61. The zero-order valence-corrected chi connectivity index (χ0v) is 15.8. The van der Waals surface area contributed by atoms with Gasteiger partial charge in [0.05, 0.1) is 13.7 Å². The van der Waals surface area contributed by atoms with Crippen LogP contribution in [0.1, 0.15) is 36.0 Å². The summed E-state index contributed by atoms with van der Waals surface area (Å²) in [6.45, 7) is 0.885. The highest BCUT2D eigenvalue weighted by atomic mass is 16.5. The summed E-state index contributed by atoms with van der Waals surface area (Å²) < 4.78 is 11.0. The lowest BCUT2D eigenvalue weighted by molar-refractivity contribution is -0.148. The van der Waals surface area contributed by atoms with E-state index in [1.54, 1.807) is 24.3 Å². The van der Waals surface area contributed by atoms with Crippen molar-refractivity contribution in [2.75, 3.05) is 26.8 Å². The number of amides is 2. The largest absolute Gasteiger partial charge is 0.497 e. The average molecular weight is 388 g/mol. The van der Waals surface area contributed by atoms with Gasteiger partial charge in [0.15, 0.2) is 6.04 Å². The Morgan fingerprint density at radius 3 is 2.32 bits per heavy atom. The van der Waals surface area contributed by atoms with Crippen molar-refractivity contribution in [3.8, 4) is 5.75 Å². The molecule has 1 aliphatic carbocycles. The summed E-state index contributed by atoms with van der Waals surface area (Å²) in [6, 6.07) is 5.54. The van der Waals surface area contributed by atoms with Gasteiger partial charge in [0.1, 0.15) is 11.5 Å². The van der Waals surface area contributed by atoms with Gasteiger partial charge in [-0.15, -0.1) is 0 Å². The number of piperidine rings is 1. The lowest BCUT2D eigenvalue weighted by Crippen LogP contribution is -2.58. The maximum Gasteiger partial charge on any atom is 0.328 e. The highest BCUT2D eigenvalue weighted by Gasteiger charge is 2.54. The summed E-state index contributed by atoms with van der Waals surface area (Å²) in [6.07, 6.45) is 2.72. The first-order valence-corrected chi connectivity index (χ1v) is 9.58. The maximum absolute atomic E-state index is 13.2. The van der Waals surface area contributed by atoms with Crippen LogP contribution >= 0.6 is 0 Å². The molecule has 1 atom stereocenters. The Balaban J connectivity index is 1.56. The predicted molar refractivity (Wildman–Crippen MR) is 97.8 cm³/mol. The number of benzene rings is 1. The number of hydrogen-bond acceptors (Lipinski definition) is 5. The first-order chi connectivity index (χ1) is 13.4. The molecule has 1 N–H and O–H groups in total. The van der Waals surface area contributed by atoms with Crippen LogP contribution in [0.5, 0.6) is 5.75 Å². The number of nitrogens with zero attached hydrogens (tertiary/aromatic N) is 2. The summed E-state index contributed by atoms with van der Waals surface area (Å²) in [4.78, 5) is 40.5. The van der Waals surface area contributed by atoms with Gasteiger partial charge in [0.2, 0.25) is 5.91 Å². The number of likely N-dealkylation sites (tertiary alicyclic amines) is 1. The van der Waals surface area contributed by atoms with E-state index in [4.69, 9.17) is 9.47 Å². The second kappa shape index (κ2) is 7.09. The molecular formula is C20H24N2O6. The average Bonchev–Trinajstić information content (AvgIpc) is 3.50. The Kier molecular flexibility index (Phi) is 4.74. The first-order valence-electron chi connectivity index (χ1n) is 9.58. The van der Waals surface area contributed by atoms with Crippen molar-refractivity contribution in [3.05, 3.63) is 29.8 Å². The van der Waals surface area contributed by atoms with Crippen LogP contribution in [-0.2, 0) is 14.3 Å². The minimum absolute atomic E-state index is 0.0478. The van der Waals surface area contributed by atoms with E-state index >= 15 is 0 Å². The standard InChI is InChI=1S/C20H24N2O6/c1-27-15-6-4-14(5-7-15)18(24)22-16(19(25)26)12-28-20(22)8-10-21(11-9-20)17(23)13-2-3-13/h4-7,13,16H,2-3,8-12H2,1H3,(H,25,26)/t16-/m1/s1. The molecule has 2 heterocycles. The molecule has 1 saturated carbocycles. The molecule has 1 aromatic carbocycles. The molecule has 4 rings (SSSR count). The van der Waals surface area contributed by atoms with E-state index < -0.39 is 17.7 Å². The van der Waals surface area contributed by atoms with E-state index in [-0.39, 0.29) is 24.3 Å². The number of carbonyl (C=O) groups is 3. The van der Waals surface area contributed by atoms with Crippen LogP contribution in [0.25, 0.3) is 0 Å². The SMILES string of the molecule is COc1ccc(C(=O)N2[C@@H](C(=O)O)COC23CCN(C(=O)C2CC2)CC3)cc1. The quantitative estimate of drug-likeness (QED) is 0.836. The number of aliphatic carboxylic acids is 1. The van der Waals surface area contributed by atoms with Gasteiger partial charge in [0.25, 0.3) is 5.91 Å². The molecule has 2 amide bonds. The van der Waals surface area contributed by atoms with E-state index in [1.807, 2.05) is 4.90 Å². The van der Waals surface area contributed by atoms with Crippen LogP contribution in [-0.4, -0.2) is 71.3 Å². The van der Waals surface area contributed by atoms with Gasteiger partial charge in [-0.1, -0.05) is 0 Å². The molecule has 1 aromatic rings. The number of rotatable bonds is 4. The summed E-state index contributed by atoms with van der Waals surface area (Å²) in [7, 11) is 1.54. The van der Waals surface area contributed by atoms with E-state index in [0.717, 1.165) is 12.8 Å². The van der Waals surface area contributed by atoms with Crippen molar-refractivity contribution >= 4 is 17.8 Å². The van der Waals surface area contributed by atoms with Crippen LogP contribution in [0.4, 0.5) is 0 Å². The molecule has 2 aliphatic heterocycles. The molecule has 2 saturated heterocycles. The Morgan fingerprint density at radius 2 is 1.79 bits per heavy atom. The van der Waals surface area contributed by atoms with Gasteiger partial charge >= 0.3 is 5.97 Å². The fraction of sp³-hybridized carbons (Fsp3) is 0.550. The third-order valence-electron chi connectivity index (χ3n) is 5.88. The first kappa shape index (κ1) is 18.7. The molecule has 1 spiro atoms. The minimum Gasteiger partial charge on any atom is -0.497 e. The molecule has 0 bridgehead atoms. The second-order valence-electron chi connectivity index (χ2n) is 7.61. The molecule has 8 nitrogen and oxygen atoms in total. The predicted octanol–water partition coefficient (Wildman–Crippen LogP) is 1.35. The Morgan fingerprint density at radius 1 is 1.14 bits per heavy atom. The van der Waals surface area contributed by atoms with Crippen molar-refractivity contribution in [1.82, 2.24) is 9.80 Å². The van der Waals surface area contributed by atoms with Crippen molar-refractivity contribution in [3.63, 3.8) is 0 Å². The Hall–Kier alpha value is -2.61. The highest BCUT2D eigenvalue weighted by molar-refractivity contribution is 5.97. The molecule has 3 aliphatic rings. The van der Waals surface area contributed by atoms with Crippen molar-refractivity contribution in [2.24, 2.45) is 5.92 Å². The Bertz CT molecular complexity index is 780. The topological polar surface area (TPSA) is 96.4 Å². The Labute approximate surface area is 163 Å². The van der Waals surface area contributed by atoms with E-state index in [0.29, 0.717) is 37.2 Å². The van der Waals surface area contributed by atoms with Crippen molar-refractivity contribution in [2.45, 2.75) is 37.5 Å². The van der Waals surface area contributed by atoms with Gasteiger partial charge in [-0.3, -0.25) is 14.5 Å². The van der Waals surface area contributed by atoms with Gasteiger partial charge in [-0.05, 0) is 37.1 Å². The third-order valence-corrected chi connectivity index (χ3v) is 5.88. The smallest absolute Gasteiger partial charge is 0.328 e. The number of methoxy groups -OCH3 is 1. The van der Waals surface area contributed by atoms with Gasteiger partial charge in [-0.25, -0.2) is 4.79 Å². The van der Waals surface area contributed by atoms with Crippen LogP contribution in [0.2, 0.25) is 0 Å². The summed E-state index contributed by atoms with van der Waals surface area (Å²) in [5.41, 5.74) is -0.603. The molecular weight excluding hydrogens is 364 g/mol. The minimum atomic E-state index is -1.09. The lowest BCUT2D eigenvalue weighted by atomic mass is 9.96.